The third-order valence-electron chi connectivity index (χ3n) is 10.4. The zero-order chi connectivity index (χ0) is 26.5. The minimum Gasteiger partial charge on any atom is -0.482 e. The molecule has 1 saturated heterocycles. The van der Waals surface area contributed by atoms with Gasteiger partial charge in [0.15, 0.2) is 17.1 Å². The maximum absolute atomic E-state index is 17.4. The number of aliphatic hydroxyl groups is 1. The fourth-order valence-corrected chi connectivity index (χ4v) is 9.78. The van der Waals surface area contributed by atoms with Gasteiger partial charge in [-0.15, -0.1) is 0 Å². The molecule has 37 heavy (non-hydrogen) atoms. The van der Waals surface area contributed by atoms with Crippen LogP contribution < -0.4 is 0 Å². The van der Waals surface area contributed by atoms with Gasteiger partial charge in [-0.25, -0.2) is 8.78 Å². The highest BCUT2D eigenvalue weighted by Gasteiger charge is 2.79. The number of hydrogen-bond acceptors (Lipinski definition) is 7. The Bertz CT molecular complexity index is 1180. The Hall–Kier alpha value is -2.00. The van der Waals surface area contributed by atoms with Gasteiger partial charge in [0.2, 0.25) is 5.12 Å². The Morgan fingerprint density at radius 3 is 2.68 bits per heavy atom. The van der Waals surface area contributed by atoms with Crippen LogP contribution in [-0.2, 0) is 23.9 Å². The molecule has 0 aromatic rings. The number of allylic oxidation sites excluding steroid dienone is 5. The summed E-state index contributed by atoms with van der Waals surface area (Å²) in [4.78, 5) is 38.3. The van der Waals surface area contributed by atoms with Gasteiger partial charge in [-0.1, -0.05) is 31.7 Å². The summed E-state index contributed by atoms with van der Waals surface area (Å²) in [5.41, 5.74) is -6.01. The van der Waals surface area contributed by atoms with E-state index in [1.807, 2.05) is 19.9 Å². The van der Waals surface area contributed by atoms with Gasteiger partial charge in [0, 0.05) is 35.5 Å². The summed E-state index contributed by atoms with van der Waals surface area (Å²) in [7, 11) is 0. The maximum atomic E-state index is 17.4. The zero-order valence-electron chi connectivity index (χ0n) is 21.2. The topological polar surface area (TPSA) is 89.9 Å². The lowest BCUT2D eigenvalue weighted by atomic mass is 9.44. The van der Waals surface area contributed by atoms with E-state index in [4.69, 9.17) is 9.47 Å². The fourth-order valence-electron chi connectivity index (χ4n) is 8.54. The molecule has 0 amide bonds. The van der Waals surface area contributed by atoms with Gasteiger partial charge in [-0.05, 0) is 55.9 Å². The molecule has 4 fully saturated rings. The normalized spacial score (nSPS) is 49.8. The summed E-state index contributed by atoms with van der Waals surface area (Å²) in [5.74, 6) is -1.89. The van der Waals surface area contributed by atoms with Crippen LogP contribution in [0.4, 0.5) is 8.78 Å². The molecular weight excluding hydrogens is 502 g/mol. The fraction of sp³-hybridized carbons (Fsp3) is 0.679. The lowest BCUT2D eigenvalue weighted by molar-refractivity contribution is -0.221. The third-order valence-corrected chi connectivity index (χ3v) is 11.6. The number of fused-ring (bicyclic) bond motifs is 7. The lowest BCUT2D eigenvalue weighted by Crippen LogP contribution is -2.70. The summed E-state index contributed by atoms with van der Waals surface area (Å²) in [6.07, 6.45) is 3.88. The van der Waals surface area contributed by atoms with Gasteiger partial charge >= 0.3 is 5.97 Å². The molecule has 4 aliphatic carbocycles. The molecule has 1 N–H and O–H groups in total. The number of rotatable bonds is 3. The minimum atomic E-state index is -2.22. The molecule has 2 aliphatic heterocycles. The molecule has 0 aromatic carbocycles. The van der Waals surface area contributed by atoms with Crippen LogP contribution in [0.25, 0.3) is 0 Å². The summed E-state index contributed by atoms with van der Waals surface area (Å²) in [6.45, 7) is 5.61. The molecule has 6 aliphatic rings. The predicted molar refractivity (Wildman–Crippen MR) is 132 cm³/mol. The first kappa shape index (κ1) is 25.3. The number of alkyl halides is 2. The molecule has 0 bridgehead atoms. The second-order valence-electron chi connectivity index (χ2n) is 11.9. The average Bonchev–Trinajstić information content (AvgIpc) is 3.50. The Morgan fingerprint density at radius 1 is 1.24 bits per heavy atom. The number of thioether (sulfide) groups is 1. The van der Waals surface area contributed by atoms with E-state index < -0.39 is 57.4 Å². The largest absolute Gasteiger partial charge is 0.482 e. The van der Waals surface area contributed by atoms with E-state index in [2.05, 4.69) is 0 Å². The van der Waals surface area contributed by atoms with Gasteiger partial charge in [0.25, 0.3) is 0 Å². The highest BCUT2D eigenvalue weighted by molar-refractivity contribution is 8.14. The van der Waals surface area contributed by atoms with Crippen molar-refractivity contribution in [2.24, 2.45) is 28.6 Å². The highest BCUT2D eigenvalue weighted by Crippen LogP contribution is 2.73. The smallest absolute Gasteiger partial charge is 0.319 e. The van der Waals surface area contributed by atoms with Crippen LogP contribution in [0.1, 0.15) is 52.9 Å². The standard InChI is InChI=1S/C28H32F2O6S/c1-4-16-9-14-10-17-18-12-20(29)19-11-15(31)5-7-25(19,2)27(18,30)22(32)13-26(17,3)28(14,36-16)24(34)37-21-6-8-35-23(21)33/h5,7,9,11,14,17-18,20-22,32H,4,6,8,10,12-13H2,1-3H3/t14-,17?,18?,20+,21?,22+,25?,26?,27+,28+/m1/s1. The molecule has 6 nitrogen and oxygen atoms in total. The first-order chi connectivity index (χ1) is 17.4. The van der Waals surface area contributed by atoms with Crippen molar-refractivity contribution in [1.82, 2.24) is 0 Å². The molecule has 200 valence electrons. The van der Waals surface area contributed by atoms with Crippen molar-refractivity contribution in [2.45, 2.75) is 81.7 Å². The molecule has 9 heteroatoms. The molecule has 0 aromatic heterocycles. The summed E-state index contributed by atoms with van der Waals surface area (Å²) in [5, 5.41) is 10.6. The van der Waals surface area contributed by atoms with E-state index in [1.54, 1.807) is 6.92 Å². The number of carbonyl (C=O) groups excluding carboxylic acids is 3. The first-order valence-corrected chi connectivity index (χ1v) is 14.0. The quantitative estimate of drug-likeness (QED) is 0.544. The molecular formula is C28H32F2O6S. The van der Waals surface area contributed by atoms with Crippen LogP contribution in [0.15, 0.2) is 35.6 Å². The minimum absolute atomic E-state index is 0.0605. The Labute approximate surface area is 218 Å². The van der Waals surface area contributed by atoms with Crippen LogP contribution in [0, 0.1) is 28.6 Å². The van der Waals surface area contributed by atoms with Crippen LogP contribution in [0.3, 0.4) is 0 Å². The Balaban J connectivity index is 1.44. The van der Waals surface area contributed by atoms with Gasteiger partial charge in [-0.3, -0.25) is 14.4 Å². The maximum Gasteiger partial charge on any atom is 0.319 e. The van der Waals surface area contributed by atoms with Gasteiger partial charge in [-0.2, -0.15) is 0 Å². The summed E-state index contributed by atoms with van der Waals surface area (Å²) < 4.78 is 44.7. The molecule has 3 saturated carbocycles. The molecule has 0 radical (unpaired) electrons. The second kappa shape index (κ2) is 8.01. The van der Waals surface area contributed by atoms with Crippen LogP contribution in [-0.4, -0.2) is 57.4 Å². The van der Waals surface area contributed by atoms with Crippen molar-refractivity contribution >= 4 is 28.6 Å². The van der Waals surface area contributed by atoms with E-state index in [0.29, 0.717) is 25.0 Å². The van der Waals surface area contributed by atoms with Crippen LogP contribution >= 0.6 is 11.8 Å². The zero-order valence-corrected chi connectivity index (χ0v) is 22.0. The van der Waals surface area contributed by atoms with E-state index in [1.165, 1.54) is 18.2 Å². The Kier molecular flexibility index (Phi) is 5.47. The van der Waals surface area contributed by atoms with Gasteiger partial charge < -0.3 is 14.6 Å². The predicted octanol–water partition coefficient (Wildman–Crippen LogP) is 4.17. The van der Waals surface area contributed by atoms with Crippen molar-refractivity contribution in [3.8, 4) is 0 Å². The van der Waals surface area contributed by atoms with E-state index in [0.717, 1.165) is 11.8 Å². The third kappa shape index (κ3) is 2.98. The number of hydrogen-bond donors (Lipinski definition) is 1. The average molecular weight is 535 g/mol. The van der Waals surface area contributed by atoms with Crippen LogP contribution in [0.2, 0.25) is 0 Å². The van der Waals surface area contributed by atoms with Crippen molar-refractivity contribution in [2.75, 3.05) is 6.61 Å². The van der Waals surface area contributed by atoms with Crippen molar-refractivity contribution in [1.29, 1.82) is 0 Å². The van der Waals surface area contributed by atoms with Gasteiger partial charge in [0.05, 0.1) is 18.5 Å². The van der Waals surface area contributed by atoms with E-state index in [-0.39, 0.29) is 41.8 Å². The monoisotopic (exact) mass is 534 g/mol. The molecule has 5 unspecified atom stereocenters. The number of aliphatic hydroxyl groups excluding tert-OH is 1. The van der Waals surface area contributed by atoms with Gasteiger partial charge in [0.1, 0.15) is 11.4 Å². The molecule has 10 atom stereocenters. The van der Waals surface area contributed by atoms with Crippen molar-refractivity contribution in [3.05, 3.63) is 35.6 Å². The first-order valence-electron chi connectivity index (χ1n) is 13.2. The summed E-state index contributed by atoms with van der Waals surface area (Å²) in [6, 6.07) is 0. The number of esters is 1. The number of halogens is 2. The number of carbonyl (C=O) groups is 3. The molecule has 6 rings (SSSR count). The van der Waals surface area contributed by atoms with Crippen LogP contribution in [0.5, 0.6) is 0 Å². The molecule has 2 heterocycles. The molecule has 0 spiro atoms. The highest BCUT2D eigenvalue weighted by atomic mass is 32.2. The van der Waals surface area contributed by atoms with Crippen molar-refractivity contribution < 1.29 is 37.7 Å². The number of ether oxygens (including phenoxy) is 2. The Morgan fingerprint density at radius 2 is 2.00 bits per heavy atom. The second-order valence-corrected chi connectivity index (χ2v) is 13.1. The SMILES string of the molecule is CCC1=C[C@@H]2CC3C4C[C@H](F)C5=CC(=O)C=CC5(C)[C@@]4(F)[C@@H](O)CC3(C)[C@]2(C(=O)SC2CCOC2=O)O1. The van der Waals surface area contributed by atoms with E-state index in [9.17, 15) is 19.5 Å². The van der Waals surface area contributed by atoms with E-state index >= 15 is 8.78 Å². The van der Waals surface area contributed by atoms with Crippen molar-refractivity contribution in [3.63, 3.8) is 0 Å². The number of ketones is 1. The number of cyclic esters (lactones) is 1. The lowest BCUT2D eigenvalue weighted by Gasteiger charge is -2.63. The summed E-state index contributed by atoms with van der Waals surface area (Å²) >= 11 is 0.915.